The highest BCUT2D eigenvalue weighted by molar-refractivity contribution is 7.17. The van der Waals surface area contributed by atoms with E-state index in [0.717, 1.165) is 68.2 Å². The number of ether oxygens (including phenoxy) is 1. The first-order chi connectivity index (χ1) is 14.5. The smallest absolute Gasteiger partial charge is 0.341 e. The number of carbonyl (C=O) groups excluding carboxylic acids is 4. The molecule has 1 saturated carbocycles. The van der Waals surface area contributed by atoms with Gasteiger partial charge in [-0.05, 0) is 44.1 Å². The third kappa shape index (κ3) is 3.89. The molecular weight excluding hydrogens is 404 g/mol. The second-order valence-electron chi connectivity index (χ2n) is 8.38. The fourth-order valence-electron chi connectivity index (χ4n) is 5.00. The Kier molecular flexibility index (Phi) is 6.22. The van der Waals surface area contributed by atoms with Gasteiger partial charge >= 0.3 is 5.97 Å². The molecule has 1 aliphatic heterocycles. The number of hydrogen-bond donors (Lipinski definition) is 1. The number of nitrogens with one attached hydrogen (secondary N) is 1. The number of esters is 1. The van der Waals surface area contributed by atoms with Gasteiger partial charge in [0, 0.05) is 17.8 Å². The summed E-state index contributed by atoms with van der Waals surface area (Å²) in [7, 11) is 1.35. The van der Waals surface area contributed by atoms with E-state index < -0.39 is 5.97 Å². The minimum atomic E-state index is -0.432. The van der Waals surface area contributed by atoms with Crippen molar-refractivity contribution in [3.05, 3.63) is 16.0 Å². The van der Waals surface area contributed by atoms with Crippen LogP contribution in [0.1, 0.15) is 72.2 Å². The molecule has 3 amide bonds. The van der Waals surface area contributed by atoms with Crippen molar-refractivity contribution in [2.75, 3.05) is 19.0 Å². The molecule has 1 N–H and O–H groups in total. The topological polar surface area (TPSA) is 92.8 Å². The van der Waals surface area contributed by atoms with Gasteiger partial charge in [-0.15, -0.1) is 11.3 Å². The highest BCUT2D eigenvalue weighted by atomic mass is 32.1. The van der Waals surface area contributed by atoms with E-state index >= 15 is 0 Å². The maximum absolute atomic E-state index is 12.6. The molecular formula is C22H28N2O5S. The molecule has 3 aliphatic rings. The zero-order valence-corrected chi connectivity index (χ0v) is 18.1. The SMILES string of the molecule is COC(=O)c1c(NC(=O)CCN2C(=O)[C@H]3CCCC[C@H]3C2=O)sc2c1CCCCC2. The van der Waals surface area contributed by atoms with Crippen LogP contribution in [-0.2, 0) is 32.0 Å². The number of fused-ring (bicyclic) bond motifs is 2. The minimum Gasteiger partial charge on any atom is -0.465 e. The van der Waals surface area contributed by atoms with Gasteiger partial charge in [0.1, 0.15) is 5.00 Å². The summed E-state index contributed by atoms with van der Waals surface area (Å²) in [5.41, 5.74) is 1.46. The van der Waals surface area contributed by atoms with Crippen LogP contribution in [0.15, 0.2) is 0 Å². The molecule has 4 rings (SSSR count). The second-order valence-corrected chi connectivity index (χ2v) is 9.49. The van der Waals surface area contributed by atoms with Crippen LogP contribution in [0.3, 0.4) is 0 Å². The molecule has 2 atom stereocenters. The summed E-state index contributed by atoms with van der Waals surface area (Å²) in [6.07, 6.45) is 8.45. The Hall–Kier alpha value is -2.22. The van der Waals surface area contributed by atoms with E-state index in [4.69, 9.17) is 4.74 Å². The number of methoxy groups -OCH3 is 1. The lowest BCUT2D eigenvalue weighted by atomic mass is 9.81. The van der Waals surface area contributed by atoms with Crippen molar-refractivity contribution in [1.29, 1.82) is 0 Å². The van der Waals surface area contributed by atoms with Gasteiger partial charge in [0.2, 0.25) is 17.7 Å². The number of hydrogen-bond acceptors (Lipinski definition) is 6. The average Bonchev–Trinajstić information content (AvgIpc) is 3.08. The van der Waals surface area contributed by atoms with Crippen molar-refractivity contribution in [3.8, 4) is 0 Å². The summed E-state index contributed by atoms with van der Waals surface area (Å²) < 4.78 is 4.97. The zero-order chi connectivity index (χ0) is 21.3. The Morgan fingerprint density at radius 3 is 2.37 bits per heavy atom. The predicted octanol–water partition coefficient (Wildman–Crippen LogP) is 3.31. The summed E-state index contributed by atoms with van der Waals surface area (Å²) >= 11 is 1.44. The molecule has 1 aromatic heterocycles. The maximum Gasteiger partial charge on any atom is 0.341 e. The van der Waals surface area contributed by atoms with Crippen molar-refractivity contribution in [3.63, 3.8) is 0 Å². The number of imide groups is 1. The number of aryl methyl sites for hydroxylation is 1. The van der Waals surface area contributed by atoms with E-state index in [1.54, 1.807) is 0 Å². The van der Waals surface area contributed by atoms with Crippen LogP contribution in [0.5, 0.6) is 0 Å². The number of rotatable bonds is 5. The van der Waals surface area contributed by atoms with E-state index in [0.29, 0.717) is 10.6 Å². The van der Waals surface area contributed by atoms with Gasteiger partial charge in [-0.3, -0.25) is 19.3 Å². The molecule has 0 spiro atoms. The first-order valence-corrected chi connectivity index (χ1v) is 11.7. The van der Waals surface area contributed by atoms with Crippen molar-refractivity contribution in [2.45, 2.75) is 64.2 Å². The summed E-state index contributed by atoms with van der Waals surface area (Å²) in [6.45, 7) is 0.0924. The Labute approximate surface area is 180 Å². The molecule has 8 heteroatoms. The van der Waals surface area contributed by atoms with Crippen molar-refractivity contribution < 1.29 is 23.9 Å². The molecule has 2 aliphatic carbocycles. The van der Waals surface area contributed by atoms with Crippen molar-refractivity contribution in [1.82, 2.24) is 4.90 Å². The molecule has 0 aromatic carbocycles. The van der Waals surface area contributed by atoms with Crippen molar-refractivity contribution in [2.24, 2.45) is 11.8 Å². The summed E-state index contributed by atoms with van der Waals surface area (Å²) in [4.78, 5) is 52.6. The lowest BCUT2D eigenvalue weighted by molar-refractivity contribution is -0.140. The molecule has 0 bridgehead atoms. The average molecular weight is 433 g/mol. The lowest BCUT2D eigenvalue weighted by Crippen LogP contribution is -2.34. The fraction of sp³-hybridized carbons (Fsp3) is 0.636. The van der Waals surface area contributed by atoms with E-state index in [9.17, 15) is 19.2 Å². The number of nitrogens with zero attached hydrogens (tertiary/aromatic N) is 1. The van der Waals surface area contributed by atoms with E-state index in [2.05, 4.69) is 5.32 Å². The third-order valence-corrected chi connectivity index (χ3v) is 7.77. The number of carbonyl (C=O) groups is 4. The molecule has 7 nitrogen and oxygen atoms in total. The minimum absolute atomic E-state index is 0.0279. The molecule has 1 aromatic rings. The van der Waals surface area contributed by atoms with Gasteiger partial charge in [0.25, 0.3) is 0 Å². The van der Waals surface area contributed by atoms with E-state index in [-0.39, 0.29) is 42.5 Å². The van der Waals surface area contributed by atoms with Crippen LogP contribution in [0, 0.1) is 11.8 Å². The Bertz CT molecular complexity index is 853. The molecule has 162 valence electrons. The third-order valence-electron chi connectivity index (χ3n) is 6.56. The van der Waals surface area contributed by atoms with Crippen LogP contribution in [0.4, 0.5) is 5.00 Å². The van der Waals surface area contributed by atoms with Crippen LogP contribution in [0.2, 0.25) is 0 Å². The zero-order valence-electron chi connectivity index (χ0n) is 17.3. The first-order valence-electron chi connectivity index (χ1n) is 10.9. The van der Waals surface area contributed by atoms with E-state index in [1.165, 1.54) is 23.3 Å². The second kappa shape index (κ2) is 8.88. The quantitative estimate of drug-likeness (QED) is 0.438. The summed E-state index contributed by atoms with van der Waals surface area (Å²) in [6, 6.07) is 0. The van der Waals surface area contributed by atoms with Gasteiger partial charge in [-0.25, -0.2) is 4.79 Å². The number of amides is 3. The largest absolute Gasteiger partial charge is 0.465 e. The summed E-state index contributed by atoms with van der Waals surface area (Å²) in [5, 5.41) is 3.37. The molecule has 30 heavy (non-hydrogen) atoms. The van der Waals surface area contributed by atoms with Crippen LogP contribution < -0.4 is 5.32 Å². The highest BCUT2D eigenvalue weighted by Crippen LogP contribution is 2.39. The monoisotopic (exact) mass is 432 g/mol. The molecule has 2 fully saturated rings. The van der Waals surface area contributed by atoms with Crippen LogP contribution >= 0.6 is 11.3 Å². The highest BCUT2D eigenvalue weighted by Gasteiger charge is 2.47. The molecule has 0 unspecified atom stereocenters. The maximum atomic E-state index is 12.6. The van der Waals surface area contributed by atoms with Crippen LogP contribution in [-0.4, -0.2) is 42.2 Å². The normalized spacial score (nSPS) is 23.6. The van der Waals surface area contributed by atoms with Crippen molar-refractivity contribution >= 4 is 40.0 Å². The number of thiophene rings is 1. The standard InChI is InChI=1S/C22H28N2O5S/c1-29-22(28)18-15-9-3-2-4-10-16(15)30-19(18)23-17(25)11-12-24-20(26)13-7-5-6-8-14(13)21(24)27/h13-14H,2-12H2,1H3,(H,23,25)/t13-,14+. The lowest BCUT2D eigenvalue weighted by Gasteiger charge is -2.19. The van der Waals surface area contributed by atoms with Gasteiger partial charge in [-0.1, -0.05) is 19.3 Å². The van der Waals surface area contributed by atoms with Gasteiger partial charge in [0.05, 0.1) is 24.5 Å². The molecule has 0 radical (unpaired) electrons. The number of likely N-dealkylation sites (tertiary alicyclic amines) is 1. The Morgan fingerprint density at radius 1 is 1.03 bits per heavy atom. The molecule has 1 saturated heterocycles. The van der Waals surface area contributed by atoms with Gasteiger partial charge in [-0.2, -0.15) is 0 Å². The summed E-state index contributed by atoms with van der Waals surface area (Å²) in [5.74, 6) is -1.39. The van der Waals surface area contributed by atoms with Gasteiger partial charge < -0.3 is 10.1 Å². The number of anilines is 1. The van der Waals surface area contributed by atoms with Crippen LogP contribution in [0.25, 0.3) is 0 Å². The predicted molar refractivity (Wildman–Crippen MR) is 112 cm³/mol. The van der Waals surface area contributed by atoms with Gasteiger partial charge in [0.15, 0.2) is 0 Å². The fourth-order valence-corrected chi connectivity index (χ4v) is 6.30. The Balaban J connectivity index is 1.44. The molecule has 2 heterocycles. The Morgan fingerprint density at radius 2 is 1.70 bits per heavy atom. The van der Waals surface area contributed by atoms with E-state index in [1.807, 2.05) is 0 Å². The first kappa shape index (κ1) is 21.0.